The molecule has 2 rings (SSSR count). The maximum absolute atomic E-state index is 11.6. The number of ether oxygens (including phenoxy) is 3. The van der Waals surface area contributed by atoms with Crippen molar-refractivity contribution in [1.29, 1.82) is 0 Å². The molecule has 0 aliphatic heterocycles. The van der Waals surface area contributed by atoms with Crippen molar-refractivity contribution in [3.8, 4) is 22.6 Å². The lowest BCUT2D eigenvalue weighted by molar-refractivity contribution is -0.148. The Hall–Kier alpha value is -2.49. The first-order valence-corrected chi connectivity index (χ1v) is 12.3. The molecule has 4 nitrogen and oxygen atoms in total. The van der Waals surface area contributed by atoms with Crippen molar-refractivity contribution in [3.05, 3.63) is 48.5 Å². The van der Waals surface area contributed by atoms with Crippen molar-refractivity contribution in [2.75, 3.05) is 19.8 Å². The second kappa shape index (κ2) is 15.3. The summed E-state index contributed by atoms with van der Waals surface area (Å²) in [5.41, 5.74) is 2.34. The van der Waals surface area contributed by atoms with Crippen LogP contribution in [0.1, 0.15) is 72.1 Å². The van der Waals surface area contributed by atoms with Crippen LogP contribution in [0, 0.1) is 5.92 Å². The van der Waals surface area contributed by atoms with E-state index in [1.165, 1.54) is 24.0 Å². The van der Waals surface area contributed by atoms with Crippen molar-refractivity contribution in [2.45, 2.75) is 72.1 Å². The van der Waals surface area contributed by atoms with E-state index in [4.69, 9.17) is 14.2 Å². The Labute approximate surface area is 194 Å². The number of carbonyl (C=O) groups excluding carboxylic acids is 1. The third-order valence-corrected chi connectivity index (χ3v) is 5.63. The van der Waals surface area contributed by atoms with Gasteiger partial charge in [0.05, 0.1) is 25.7 Å². The smallest absolute Gasteiger partial charge is 0.308 e. The van der Waals surface area contributed by atoms with Gasteiger partial charge in [-0.3, -0.25) is 4.79 Å². The summed E-state index contributed by atoms with van der Waals surface area (Å²) in [4.78, 5) is 11.6. The second-order valence-corrected chi connectivity index (χ2v) is 8.34. The number of hydrogen-bond acceptors (Lipinski definition) is 4. The summed E-state index contributed by atoms with van der Waals surface area (Å²) >= 11 is 0. The van der Waals surface area contributed by atoms with E-state index in [1.54, 1.807) is 0 Å². The average molecular weight is 441 g/mol. The van der Waals surface area contributed by atoms with Crippen molar-refractivity contribution < 1.29 is 19.0 Å². The van der Waals surface area contributed by atoms with Gasteiger partial charge in [-0.25, -0.2) is 0 Å². The van der Waals surface area contributed by atoms with Gasteiger partial charge in [0.25, 0.3) is 0 Å². The summed E-state index contributed by atoms with van der Waals surface area (Å²) in [7, 11) is 0. The molecule has 0 fully saturated rings. The van der Waals surface area contributed by atoms with Crippen LogP contribution in [0.15, 0.2) is 48.5 Å². The zero-order valence-corrected chi connectivity index (χ0v) is 20.1. The Balaban J connectivity index is 1.61. The maximum Gasteiger partial charge on any atom is 0.308 e. The van der Waals surface area contributed by atoms with Crippen LogP contribution in [0.5, 0.6) is 11.5 Å². The lowest BCUT2D eigenvalue weighted by atomic mass is 10.1. The van der Waals surface area contributed by atoms with Crippen LogP contribution in [0.4, 0.5) is 0 Å². The molecular formula is C28H40O4. The fourth-order valence-corrected chi connectivity index (χ4v) is 3.26. The van der Waals surface area contributed by atoms with E-state index in [0.717, 1.165) is 56.6 Å². The summed E-state index contributed by atoms with van der Waals surface area (Å²) in [5.74, 6) is 1.75. The maximum atomic E-state index is 11.6. The highest BCUT2D eigenvalue weighted by Gasteiger charge is 2.10. The highest BCUT2D eigenvalue weighted by molar-refractivity contribution is 5.71. The molecule has 2 aromatic rings. The SMILES string of the molecule is CCCCCOc1ccc(-c2ccc(OCCCCCCOC(=O)C(C)CC)cc2)cc1. The van der Waals surface area contributed by atoms with E-state index >= 15 is 0 Å². The normalized spacial score (nSPS) is 11.7. The van der Waals surface area contributed by atoms with Crippen molar-refractivity contribution in [3.63, 3.8) is 0 Å². The van der Waals surface area contributed by atoms with Crippen molar-refractivity contribution in [2.24, 2.45) is 5.92 Å². The summed E-state index contributed by atoms with van der Waals surface area (Å²) in [6, 6.07) is 16.5. The molecule has 0 amide bonds. The first-order valence-electron chi connectivity index (χ1n) is 12.3. The molecule has 0 heterocycles. The van der Waals surface area contributed by atoms with E-state index < -0.39 is 0 Å². The Bertz CT molecular complexity index is 752. The molecule has 32 heavy (non-hydrogen) atoms. The van der Waals surface area contributed by atoms with Crippen LogP contribution in [0.3, 0.4) is 0 Å². The van der Waals surface area contributed by atoms with Gasteiger partial charge in [-0.1, -0.05) is 57.9 Å². The quantitative estimate of drug-likeness (QED) is 0.201. The van der Waals surface area contributed by atoms with Gasteiger partial charge in [0.1, 0.15) is 11.5 Å². The highest BCUT2D eigenvalue weighted by Crippen LogP contribution is 2.25. The minimum absolute atomic E-state index is 0.00323. The van der Waals surface area contributed by atoms with E-state index in [9.17, 15) is 4.79 Å². The fourth-order valence-electron chi connectivity index (χ4n) is 3.26. The van der Waals surface area contributed by atoms with E-state index in [-0.39, 0.29) is 11.9 Å². The largest absolute Gasteiger partial charge is 0.494 e. The molecule has 176 valence electrons. The van der Waals surface area contributed by atoms with E-state index in [2.05, 4.69) is 31.2 Å². The molecule has 0 saturated carbocycles. The molecule has 1 unspecified atom stereocenters. The zero-order valence-electron chi connectivity index (χ0n) is 20.1. The standard InChI is InChI=1S/C28H40O4/c1-4-6-9-20-30-26-16-12-24(13-17-26)25-14-18-27(19-15-25)31-21-10-7-8-11-22-32-28(29)23(3)5-2/h12-19,23H,4-11,20-22H2,1-3H3. The minimum Gasteiger partial charge on any atom is -0.494 e. The summed E-state index contributed by atoms with van der Waals surface area (Å²) in [6.45, 7) is 8.12. The molecule has 0 aromatic heterocycles. The Kier molecular flexibility index (Phi) is 12.3. The van der Waals surface area contributed by atoms with Crippen molar-refractivity contribution in [1.82, 2.24) is 0 Å². The summed E-state index contributed by atoms with van der Waals surface area (Å²) < 4.78 is 16.9. The van der Waals surface area contributed by atoms with Gasteiger partial charge in [-0.05, 0) is 73.9 Å². The molecule has 0 aliphatic carbocycles. The molecule has 0 aliphatic rings. The van der Waals surface area contributed by atoms with E-state index in [0.29, 0.717) is 13.2 Å². The zero-order chi connectivity index (χ0) is 23.0. The molecule has 4 heteroatoms. The van der Waals surface area contributed by atoms with Gasteiger partial charge in [0.2, 0.25) is 0 Å². The number of carbonyl (C=O) groups is 1. The van der Waals surface area contributed by atoms with Crippen LogP contribution >= 0.6 is 0 Å². The van der Waals surface area contributed by atoms with Gasteiger partial charge in [-0.15, -0.1) is 0 Å². The summed E-state index contributed by atoms with van der Waals surface area (Å²) in [5, 5.41) is 0. The fraction of sp³-hybridized carbons (Fsp3) is 0.536. The Morgan fingerprint density at radius 2 is 1.16 bits per heavy atom. The number of unbranched alkanes of at least 4 members (excludes halogenated alkanes) is 5. The van der Waals surface area contributed by atoms with Crippen molar-refractivity contribution >= 4 is 5.97 Å². The van der Waals surface area contributed by atoms with E-state index in [1.807, 2.05) is 38.1 Å². The molecule has 0 spiro atoms. The third-order valence-electron chi connectivity index (χ3n) is 5.63. The van der Waals surface area contributed by atoms with Gasteiger partial charge >= 0.3 is 5.97 Å². The van der Waals surface area contributed by atoms with Crippen LogP contribution in [-0.4, -0.2) is 25.8 Å². The predicted octanol–water partition coefficient (Wildman–Crippen LogP) is 7.45. The molecule has 1 atom stereocenters. The summed E-state index contributed by atoms with van der Waals surface area (Å²) in [6.07, 6.45) is 8.40. The molecular weight excluding hydrogens is 400 g/mol. The Morgan fingerprint density at radius 3 is 1.62 bits per heavy atom. The van der Waals surface area contributed by atoms with Crippen LogP contribution < -0.4 is 9.47 Å². The number of rotatable bonds is 16. The number of hydrogen-bond donors (Lipinski definition) is 0. The lowest BCUT2D eigenvalue weighted by Gasteiger charge is -2.10. The average Bonchev–Trinajstić information content (AvgIpc) is 2.83. The Morgan fingerprint density at radius 1 is 0.688 bits per heavy atom. The lowest BCUT2D eigenvalue weighted by Crippen LogP contribution is -2.14. The number of benzene rings is 2. The van der Waals surface area contributed by atoms with Gasteiger partial charge in [0, 0.05) is 0 Å². The molecule has 0 saturated heterocycles. The molecule has 0 bridgehead atoms. The van der Waals surface area contributed by atoms with Gasteiger partial charge in [-0.2, -0.15) is 0 Å². The first kappa shape index (κ1) is 25.8. The second-order valence-electron chi connectivity index (χ2n) is 8.34. The van der Waals surface area contributed by atoms with Gasteiger partial charge < -0.3 is 14.2 Å². The van der Waals surface area contributed by atoms with Gasteiger partial charge in [0.15, 0.2) is 0 Å². The van der Waals surface area contributed by atoms with Crippen LogP contribution in [-0.2, 0) is 9.53 Å². The monoisotopic (exact) mass is 440 g/mol. The van der Waals surface area contributed by atoms with Crippen LogP contribution in [0.2, 0.25) is 0 Å². The number of esters is 1. The first-order chi connectivity index (χ1) is 15.6. The highest BCUT2D eigenvalue weighted by atomic mass is 16.5. The third kappa shape index (κ3) is 9.76. The minimum atomic E-state index is -0.0778. The molecule has 0 N–H and O–H groups in total. The molecule has 2 aromatic carbocycles. The van der Waals surface area contributed by atoms with Crippen LogP contribution in [0.25, 0.3) is 11.1 Å². The predicted molar refractivity (Wildman–Crippen MR) is 131 cm³/mol. The topological polar surface area (TPSA) is 44.8 Å². The molecule has 0 radical (unpaired) electrons.